The fourth-order valence-electron chi connectivity index (χ4n) is 11.6. The van der Waals surface area contributed by atoms with Gasteiger partial charge in [0.25, 0.3) is 0 Å². The first kappa shape index (κ1) is 38.3. The van der Waals surface area contributed by atoms with Gasteiger partial charge in [0.1, 0.15) is 11.2 Å². The van der Waals surface area contributed by atoms with Crippen LogP contribution in [0.25, 0.3) is 66.4 Å². The SMILES string of the molecule is CC1(C)c2ccccc2-c2c(-c3ccc(N(c4ccc(-c5cccc6c5oc5ccccc56)cc4)c4cccc5c4-c4ccccc4C5(c4ccccc4)c4ccccc4)cc3)cccc21. The van der Waals surface area contributed by atoms with E-state index in [1.807, 2.05) is 6.07 Å². The van der Waals surface area contributed by atoms with E-state index in [9.17, 15) is 0 Å². The zero-order chi connectivity index (χ0) is 44.0. The zero-order valence-corrected chi connectivity index (χ0v) is 36.9. The molecule has 1 heterocycles. The predicted molar refractivity (Wildman–Crippen MR) is 274 cm³/mol. The van der Waals surface area contributed by atoms with Gasteiger partial charge < -0.3 is 9.32 Å². The van der Waals surface area contributed by atoms with Crippen molar-refractivity contribution in [1.29, 1.82) is 0 Å². The maximum absolute atomic E-state index is 6.53. The number of nitrogens with zero attached hydrogens (tertiary/aromatic N) is 1. The van der Waals surface area contributed by atoms with Crippen LogP contribution in [0.1, 0.15) is 47.2 Å². The summed E-state index contributed by atoms with van der Waals surface area (Å²) in [6, 6.07) is 86.9. The molecule has 1 aromatic heterocycles. The number of hydrogen-bond donors (Lipinski definition) is 0. The van der Waals surface area contributed by atoms with Crippen molar-refractivity contribution in [2.24, 2.45) is 0 Å². The lowest BCUT2D eigenvalue weighted by atomic mass is 9.68. The quantitative estimate of drug-likeness (QED) is 0.159. The van der Waals surface area contributed by atoms with Crippen LogP contribution in [-0.2, 0) is 10.8 Å². The minimum Gasteiger partial charge on any atom is -0.455 e. The molecule has 312 valence electrons. The first-order chi connectivity index (χ1) is 32.5. The third kappa shape index (κ3) is 5.48. The van der Waals surface area contributed by atoms with Gasteiger partial charge in [-0.2, -0.15) is 0 Å². The molecule has 10 aromatic carbocycles. The minimum absolute atomic E-state index is 0.0700. The van der Waals surface area contributed by atoms with E-state index in [4.69, 9.17) is 4.42 Å². The van der Waals surface area contributed by atoms with E-state index in [-0.39, 0.29) is 5.41 Å². The van der Waals surface area contributed by atoms with Crippen LogP contribution in [0.3, 0.4) is 0 Å². The van der Waals surface area contributed by atoms with Crippen molar-refractivity contribution in [3.63, 3.8) is 0 Å². The fraction of sp³-hybridized carbons (Fsp3) is 0.0625. The van der Waals surface area contributed by atoms with Crippen LogP contribution in [0.15, 0.2) is 241 Å². The molecule has 13 rings (SSSR count). The molecular formula is C64H45NO. The maximum atomic E-state index is 6.53. The average Bonchev–Trinajstić information content (AvgIpc) is 3.99. The number of rotatable bonds is 7. The first-order valence-electron chi connectivity index (χ1n) is 23.0. The summed E-state index contributed by atoms with van der Waals surface area (Å²) in [5.74, 6) is 0. The lowest BCUT2D eigenvalue weighted by molar-refractivity contribution is 0.660. The summed E-state index contributed by atoms with van der Waals surface area (Å²) in [6.45, 7) is 4.71. The Balaban J connectivity index is 1.01. The number of hydrogen-bond acceptors (Lipinski definition) is 2. The molecule has 0 fully saturated rings. The lowest BCUT2D eigenvalue weighted by Gasteiger charge is -2.34. The molecule has 0 unspecified atom stereocenters. The van der Waals surface area contributed by atoms with Gasteiger partial charge in [0, 0.05) is 38.7 Å². The normalized spacial score (nSPS) is 13.8. The number of anilines is 3. The highest BCUT2D eigenvalue weighted by Crippen LogP contribution is 2.60. The second-order valence-corrected chi connectivity index (χ2v) is 18.3. The van der Waals surface area contributed by atoms with Crippen LogP contribution >= 0.6 is 0 Å². The van der Waals surface area contributed by atoms with Gasteiger partial charge in [-0.15, -0.1) is 0 Å². The van der Waals surface area contributed by atoms with E-state index in [1.165, 1.54) is 66.8 Å². The highest BCUT2D eigenvalue weighted by atomic mass is 16.3. The Kier molecular flexibility index (Phi) is 8.51. The van der Waals surface area contributed by atoms with Gasteiger partial charge in [-0.1, -0.05) is 214 Å². The summed E-state index contributed by atoms with van der Waals surface area (Å²) >= 11 is 0. The number of para-hydroxylation sites is 2. The Morgan fingerprint density at radius 1 is 0.348 bits per heavy atom. The number of benzene rings is 10. The summed E-state index contributed by atoms with van der Waals surface area (Å²) in [5, 5.41) is 2.26. The van der Waals surface area contributed by atoms with Gasteiger partial charge in [-0.3, -0.25) is 0 Å². The first-order valence-corrected chi connectivity index (χ1v) is 23.0. The molecule has 0 aliphatic heterocycles. The summed E-state index contributed by atoms with van der Waals surface area (Å²) in [7, 11) is 0. The van der Waals surface area contributed by atoms with E-state index in [1.54, 1.807) is 0 Å². The third-order valence-corrected chi connectivity index (χ3v) is 14.6. The second-order valence-electron chi connectivity index (χ2n) is 18.3. The van der Waals surface area contributed by atoms with Gasteiger partial charge in [0.15, 0.2) is 0 Å². The van der Waals surface area contributed by atoms with E-state index in [0.29, 0.717) is 0 Å². The molecule has 0 N–H and O–H groups in total. The topological polar surface area (TPSA) is 16.4 Å². The molecule has 0 saturated heterocycles. The molecule has 0 amide bonds. The zero-order valence-electron chi connectivity index (χ0n) is 36.9. The van der Waals surface area contributed by atoms with Crippen LogP contribution in [0.5, 0.6) is 0 Å². The molecule has 2 aliphatic rings. The van der Waals surface area contributed by atoms with E-state index >= 15 is 0 Å². The summed E-state index contributed by atoms with van der Waals surface area (Å²) in [5.41, 5.74) is 22.1. The Morgan fingerprint density at radius 2 is 0.833 bits per heavy atom. The molecular weight excluding hydrogens is 799 g/mol. The van der Waals surface area contributed by atoms with Crippen LogP contribution in [0.4, 0.5) is 17.1 Å². The second kappa shape index (κ2) is 14.7. The molecule has 2 aliphatic carbocycles. The molecule has 0 atom stereocenters. The van der Waals surface area contributed by atoms with E-state index in [0.717, 1.165) is 50.1 Å². The van der Waals surface area contributed by atoms with Crippen molar-refractivity contribution in [2.45, 2.75) is 24.7 Å². The molecule has 0 radical (unpaired) electrons. The lowest BCUT2D eigenvalue weighted by Crippen LogP contribution is -2.28. The fourth-order valence-corrected chi connectivity index (χ4v) is 11.6. The molecule has 0 bridgehead atoms. The van der Waals surface area contributed by atoms with Gasteiger partial charge in [-0.05, 0) is 103 Å². The van der Waals surface area contributed by atoms with E-state index < -0.39 is 5.41 Å². The van der Waals surface area contributed by atoms with Gasteiger partial charge in [0.05, 0.1) is 11.1 Å². The van der Waals surface area contributed by atoms with Crippen molar-refractivity contribution in [3.05, 3.63) is 270 Å². The molecule has 2 nitrogen and oxygen atoms in total. The highest BCUT2D eigenvalue weighted by molar-refractivity contribution is 6.09. The Labute approximate surface area is 385 Å². The van der Waals surface area contributed by atoms with Gasteiger partial charge in [-0.25, -0.2) is 0 Å². The number of fused-ring (bicyclic) bond motifs is 9. The highest BCUT2D eigenvalue weighted by Gasteiger charge is 2.47. The van der Waals surface area contributed by atoms with Crippen LogP contribution in [0.2, 0.25) is 0 Å². The number of furan rings is 1. The van der Waals surface area contributed by atoms with Crippen molar-refractivity contribution in [3.8, 4) is 44.5 Å². The monoisotopic (exact) mass is 843 g/mol. The third-order valence-electron chi connectivity index (χ3n) is 14.6. The van der Waals surface area contributed by atoms with Crippen molar-refractivity contribution >= 4 is 39.0 Å². The van der Waals surface area contributed by atoms with Crippen LogP contribution in [-0.4, -0.2) is 0 Å². The largest absolute Gasteiger partial charge is 0.455 e. The predicted octanol–water partition coefficient (Wildman–Crippen LogP) is 17.1. The molecule has 2 heteroatoms. The van der Waals surface area contributed by atoms with E-state index in [2.05, 4.69) is 249 Å². The molecule has 0 saturated carbocycles. The summed E-state index contributed by atoms with van der Waals surface area (Å²) in [4.78, 5) is 2.46. The summed E-state index contributed by atoms with van der Waals surface area (Å²) in [6.07, 6.45) is 0. The minimum atomic E-state index is -0.521. The van der Waals surface area contributed by atoms with Crippen molar-refractivity contribution in [1.82, 2.24) is 0 Å². The average molecular weight is 844 g/mol. The Bertz CT molecular complexity index is 3620. The molecule has 0 spiro atoms. The van der Waals surface area contributed by atoms with Crippen molar-refractivity contribution in [2.75, 3.05) is 4.90 Å². The molecule has 66 heavy (non-hydrogen) atoms. The van der Waals surface area contributed by atoms with Gasteiger partial charge >= 0.3 is 0 Å². The standard InChI is InChI=1S/C64H45NO/c1-63(2)54-28-12-9-23-52(54)60-48(25-16-30-56(60)63)42-34-38-46(39-35-42)65(47-40-36-43(37-41-47)49-26-15-27-51-50-22-11-14-33-59(50)66-62(49)51)58-32-17-31-57-61(58)53-24-10-13-29-55(53)64(57,44-18-5-3-6-19-44)45-20-7-4-8-21-45/h3-41H,1-2H3. The smallest absolute Gasteiger partial charge is 0.143 e. The van der Waals surface area contributed by atoms with Crippen LogP contribution < -0.4 is 4.90 Å². The van der Waals surface area contributed by atoms with Gasteiger partial charge in [0.2, 0.25) is 0 Å². The Morgan fingerprint density at radius 3 is 1.53 bits per heavy atom. The van der Waals surface area contributed by atoms with Crippen LogP contribution in [0, 0.1) is 0 Å². The molecule has 11 aromatic rings. The maximum Gasteiger partial charge on any atom is 0.143 e. The van der Waals surface area contributed by atoms with Crippen molar-refractivity contribution < 1.29 is 4.42 Å². The Hall–Kier alpha value is -8.20. The summed E-state index contributed by atoms with van der Waals surface area (Å²) < 4.78 is 6.53.